The van der Waals surface area contributed by atoms with Crippen molar-refractivity contribution < 1.29 is 9.53 Å². The summed E-state index contributed by atoms with van der Waals surface area (Å²) in [7, 11) is 0. The van der Waals surface area contributed by atoms with Crippen molar-refractivity contribution >= 4 is 11.7 Å². The van der Waals surface area contributed by atoms with Gasteiger partial charge in [-0.3, -0.25) is 9.80 Å². The molecule has 0 bridgehead atoms. The molecule has 30 heavy (non-hydrogen) atoms. The fourth-order valence-corrected chi connectivity index (χ4v) is 4.19. The van der Waals surface area contributed by atoms with Crippen LogP contribution in [0.5, 0.6) is 0 Å². The molecule has 2 N–H and O–H groups in total. The molecule has 2 aromatic rings. The van der Waals surface area contributed by atoms with Gasteiger partial charge in [-0.1, -0.05) is 42.5 Å². The van der Waals surface area contributed by atoms with Crippen molar-refractivity contribution in [1.82, 2.24) is 15.1 Å². The van der Waals surface area contributed by atoms with Crippen LogP contribution in [0.2, 0.25) is 0 Å². The molecule has 0 atom stereocenters. The zero-order valence-corrected chi connectivity index (χ0v) is 17.6. The number of morpholine rings is 1. The number of anilines is 1. The van der Waals surface area contributed by atoms with Gasteiger partial charge in [-0.05, 0) is 36.1 Å². The number of amides is 2. The van der Waals surface area contributed by atoms with E-state index in [1.807, 2.05) is 12.1 Å². The Bertz CT molecular complexity index is 800. The van der Waals surface area contributed by atoms with Crippen molar-refractivity contribution in [3.05, 3.63) is 65.7 Å². The summed E-state index contributed by atoms with van der Waals surface area (Å²) in [5, 5.41) is 6.16. The summed E-state index contributed by atoms with van der Waals surface area (Å²) in [4.78, 5) is 17.3. The summed E-state index contributed by atoms with van der Waals surface area (Å²) in [5.41, 5.74) is 3.40. The summed E-state index contributed by atoms with van der Waals surface area (Å²) in [5.74, 6) is 0. The number of hydrogen-bond acceptors (Lipinski definition) is 4. The number of ether oxygens (including phenoxy) is 1. The maximum absolute atomic E-state index is 12.5. The van der Waals surface area contributed by atoms with Gasteiger partial charge < -0.3 is 15.4 Å². The van der Waals surface area contributed by atoms with Gasteiger partial charge in [-0.2, -0.15) is 0 Å². The van der Waals surface area contributed by atoms with Crippen LogP contribution in [0.15, 0.2) is 54.6 Å². The fraction of sp³-hybridized carbons (Fsp3) is 0.458. The molecule has 2 aliphatic rings. The van der Waals surface area contributed by atoms with E-state index in [2.05, 4.69) is 62.9 Å². The van der Waals surface area contributed by atoms with Gasteiger partial charge in [0.2, 0.25) is 0 Å². The lowest BCUT2D eigenvalue weighted by atomic mass is 10.0. The molecule has 0 unspecified atom stereocenters. The smallest absolute Gasteiger partial charge is 0.319 e. The SMILES string of the molecule is O=C(Nc1cccc(CN2CCOCC2)c1)NC1CCN(Cc2ccccc2)CC1. The number of rotatable bonds is 6. The highest BCUT2D eigenvalue weighted by Crippen LogP contribution is 2.16. The maximum atomic E-state index is 12.5. The van der Waals surface area contributed by atoms with Crippen LogP contribution in [0, 0.1) is 0 Å². The first kappa shape index (κ1) is 20.8. The molecule has 0 spiro atoms. The Morgan fingerprint density at radius 1 is 0.867 bits per heavy atom. The first-order valence-electron chi connectivity index (χ1n) is 11.0. The van der Waals surface area contributed by atoms with Crippen molar-refractivity contribution in [3.8, 4) is 0 Å². The molecule has 2 heterocycles. The number of likely N-dealkylation sites (tertiary alicyclic amines) is 1. The number of carbonyl (C=O) groups is 1. The zero-order chi connectivity index (χ0) is 20.6. The zero-order valence-electron chi connectivity index (χ0n) is 17.6. The van der Waals surface area contributed by atoms with E-state index in [-0.39, 0.29) is 12.1 Å². The van der Waals surface area contributed by atoms with Crippen LogP contribution in [-0.4, -0.2) is 61.3 Å². The minimum atomic E-state index is -0.111. The standard InChI is InChI=1S/C24H32N4O2/c29-24(25-22-9-11-27(12-10-22)18-20-5-2-1-3-6-20)26-23-8-4-7-21(17-23)19-28-13-15-30-16-14-28/h1-8,17,22H,9-16,18-19H2,(H2,25,26,29). The highest BCUT2D eigenvalue weighted by atomic mass is 16.5. The van der Waals surface area contributed by atoms with Gasteiger partial charge in [0.25, 0.3) is 0 Å². The molecular weight excluding hydrogens is 376 g/mol. The average Bonchev–Trinajstić information content (AvgIpc) is 2.77. The van der Waals surface area contributed by atoms with E-state index in [0.717, 1.165) is 71.0 Å². The van der Waals surface area contributed by atoms with Gasteiger partial charge in [0.15, 0.2) is 0 Å². The number of benzene rings is 2. The molecule has 2 aromatic carbocycles. The molecule has 2 fully saturated rings. The Hall–Kier alpha value is -2.41. The third-order valence-corrected chi connectivity index (χ3v) is 5.87. The largest absolute Gasteiger partial charge is 0.379 e. The minimum absolute atomic E-state index is 0.111. The summed E-state index contributed by atoms with van der Waals surface area (Å²) in [6.45, 7) is 7.40. The van der Waals surface area contributed by atoms with Crippen LogP contribution >= 0.6 is 0 Å². The topological polar surface area (TPSA) is 56.8 Å². The normalized spacial score (nSPS) is 18.8. The van der Waals surface area contributed by atoms with Crippen LogP contribution in [0.3, 0.4) is 0 Å². The Morgan fingerprint density at radius 2 is 1.53 bits per heavy atom. The monoisotopic (exact) mass is 408 g/mol. The van der Waals surface area contributed by atoms with Gasteiger partial charge in [0, 0.05) is 51.0 Å². The lowest BCUT2D eigenvalue weighted by Crippen LogP contribution is -2.45. The Labute approximate surface area is 179 Å². The first-order chi connectivity index (χ1) is 14.7. The Morgan fingerprint density at radius 3 is 2.30 bits per heavy atom. The number of urea groups is 1. The third kappa shape index (κ3) is 6.29. The van der Waals surface area contributed by atoms with Crippen LogP contribution in [0.25, 0.3) is 0 Å². The van der Waals surface area contributed by atoms with Crippen LogP contribution in [0.1, 0.15) is 24.0 Å². The molecular formula is C24H32N4O2. The predicted molar refractivity (Wildman–Crippen MR) is 119 cm³/mol. The Balaban J connectivity index is 1.21. The van der Waals surface area contributed by atoms with E-state index < -0.39 is 0 Å². The second kappa shape index (κ2) is 10.6. The molecule has 2 aliphatic heterocycles. The van der Waals surface area contributed by atoms with Crippen molar-refractivity contribution in [2.24, 2.45) is 0 Å². The molecule has 160 valence electrons. The molecule has 4 rings (SSSR count). The van der Waals surface area contributed by atoms with E-state index in [0.29, 0.717) is 0 Å². The van der Waals surface area contributed by atoms with Gasteiger partial charge in [-0.15, -0.1) is 0 Å². The number of hydrogen-bond donors (Lipinski definition) is 2. The van der Waals surface area contributed by atoms with Crippen molar-refractivity contribution in [2.45, 2.75) is 32.0 Å². The van der Waals surface area contributed by atoms with Gasteiger partial charge in [0.1, 0.15) is 0 Å². The van der Waals surface area contributed by atoms with Crippen molar-refractivity contribution in [2.75, 3.05) is 44.7 Å². The lowest BCUT2D eigenvalue weighted by Gasteiger charge is -2.32. The van der Waals surface area contributed by atoms with E-state index in [1.54, 1.807) is 0 Å². The van der Waals surface area contributed by atoms with Crippen molar-refractivity contribution in [1.29, 1.82) is 0 Å². The maximum Gasteiger partial charge on any atom is 0.319 e. The van der Waals surface area contributed by atoms with Gasteiger partial charge in [-0.25, -0.2) is 4.79 Å². The number of piperidine rings is 1. The van der Waals surface area contributed by atoms with Gasteiger partial charge in [0.05, 0.1) is 13.2 Å². The number of nitrogens with one attached hydrogen (secondary N) is 2. The van der Waals surface area contributed by atoms with Crippen molar-refractivity contribution in [3.63, 3.8) is 0 Å². The molecule has 0 aromatic heterocycles. The summed E-state index contributed by atoms with van der Waals surface area (Å²) >= 11 is 0. The lowest BCUT2D eigenvalue weighted by molar-refractivity contribution is 0.0342. The van der Waals surface area contributed by atoms with E-state index in [9.17, 15) is 4.79 Å². The first-order valence-corrected chi connectivity index (χ1v) is 11.0. The molecule has 0 aliphatic carbocycles. The highest BCUT2D eigenvalue weighted by Gasteiger charge is 2.21. The summed E-state index contributed by atoms with van der Waals surface area (Å²) < 4.78 is 5.41. The van der Waals surface area contributed by atoms with Crippen LogP contribution < -0.4 is 10.6 Å². The Kier molecular flexibility index (Phi) is 7.34. The van der Waals surface area contributed by atoms with Crippen LogP contribution in [0.4, 0.5) is 10.5 Å². The molecule has 2 amide bonds. The average molecular weight is 409 g/mol. The number of carbonyl (C=O) groups excluding carboxylic acids is 1. The fourth-order valence-electron chi connectivity index (χ4n) is 4.19. The second-order valence-corrected chi connectivity index (χ2v) is 8.22. The predicted octanol–water partition coefficient (Wildman–Crippen LogP) is 3.30. The third-order valence-electron chi connectivity index (χ3n) is 5.87. The highest BCUT2D eigenvalue weighted by molar-refractivity contribution is 5.89. The summed E-state index contributed by atoms with van der Waals surface area (Å²) in [6, 6.07) is 18.8. The second-order valence-electron chi connectivity index (χ2n) is 8.22. The van der Waals surface area contributed by atoms with Gasteiger partial charge >= 0.3 is 6.03 Å². The van der Waals surface area contributed by atoms with Crippen LogP contribution in [-0.2, 0) is 17.8 Å². The summed E-state index contributed by atoms with van der Waals surface area (Å²) in [6.07, 6.45) is 1.97. The van der Waals surface area contributed by atoms with E-state index >= 15 is 0 Å². The molecule has 6 heteroatoms. The van der Waals surface area contributed by atoms with E-state index in [4.69, 9.17) is 4.74 Å². The minimum Gasteiger partial charge on any atom is -0.379 e. The molecule has 6 nitrogen and oxygen atoms in total. The molecule has 0 saturated carbocycles. The quantitative estimate of drug-likeness (QED) is 0.770. The molecule has 0 radical (unpaired) electrons. The van der Waals surface area contributed by atoms with E-state index in [1.165, 1.54) is 11.1 Å². The molecule has 2 saturated heterocycles. The number of nitrogens with zero attached hydrogens (tertiary/aromatic N) is 2.